The number of carbonyl (C=O) groups excluding carboxylic acids is 2. The van der Waals surface area contributed by atoms with E-state index in [2.05, 4.69) is 20.8 Å². The number of nitrogens with zero attached hydrogens (tertiary/aromatic N) is 5. The Morgan fingerprint density at radius 1 is 1.19 bits per heavy atom. The zero-order chi connectivity index (χ0) is 22.7. The molecule has 0 radical (unpaired) electrons. The monoisotopic (exact) mass is 458 g/mol. The number of rotatable bonds is 5. The van der Waals surface area contributed by atoms with Crippen LogP contribution in [0.15, 0.2) is 42.7 Å². The van der Waals surface area contributed by atoms with Crippen molar-refractivity contribution in [2.75, 3.05) is 20.2 Å². The number of hydrogen-bond donors (Lipinski definition) is 1. The third-order valence-electron chi connectivity index (χ3n) is 5.33. The largest absolute Gasteiger partial charge is 0.496 e. The van der Waals surface area contributed by atoms with E-state index in [-0.39, 0.29) is 34.0 Å². The van der Waals surface area contributed by atoms with E-state index in [9.17, 15) is 14.0 Å². The molecule has 166 valence electrons. The lowest BCUT2D eigenvalue weighted by Gasteiger charge is -2.32. The van der Waals surface area contributed by atoms with Crippen LogP contribution >= 0.6 is 11.6 Å². The molecule has 0 bridgehead atoms. The van der Waals surface area contributed by atoms with Crippen LogP contribution in [0.25, 0.3) is 5.69 Å². The molecule has 1 N–H and O–H groups in total. The summed E-state index contributed by atoms with van der Waals surface area (Å²) in [5.41, 5.74) is 0.807. The van der Waals surface area contributed by atoms with Gasteiger partial charge >= 0.3 is 0 Å². The topological polar surface area (TPSA) is 102 Å². The molecule has 1 aliphatic heterocycles. The second kappa shape index (κ2) is 9.31. The first-order valence-electron chi connectivity index (χ1n) is 9.93. The molecule has 2 aromatic carbocycles. The van der Waals surface area contributed by atoms with E-state index < -0.39 is 5.82 Å². The molecule has 2 amide bonds. The van der Waals surface area contributed by atoms with Crippen LogP contribution in [-0.4, -0.2) is 63.2 Å². The van der Waals surface area contributed by atoms with Gasteiger partial charge in [-0.1, -0.05) is 23.7 Å². The number of tetrazole rings is 1. The van der Waals surface area contributed by atoms with Gasteiger partial charge in [-0.25, -0.2) is 4.39 Å². The Morgan fingerprint density at radius 3 is 2.59 bits per heavy atom. The van der Waals surface area contributed by atoms with Gasteiger partial charge in [0.05, 0.1) is 28.9 Å². The van der Waals surface area contributed by atoms with Gasteiger partial charge in [-0.3, -0.25) is 9.59 Å². The summed E-state index contributed by atoms with van der Waals surface area (Å²) in [6.07, 6.45) is 2.48. The van der Waals surface area contributed by atoms with Crippen molar-refractivity contribution in [3.63, 3.8) is 0 Å². The van der Waals surface area contributed by atoms with Crippen molar-refractivity contribution in [3.05, 3.63) is 64.7 Å². The first kappa shape index (κ1) is 21.7. The summed E-state index contributed by atoms with van der Waals surface area (Å²) in [6, 6.07) is 8.86. The number of nitrogens with one attached hydrogen (secondary N) is 1. The maximum Gasteiger partial charge on any atom is 0.256 e. The third-order valence-corrected chi connectivity index (χ3v) is 5.63. The standard InChI is InChI=1S/C21H20ClFN6O3/c1-32-19-11-18(29-12-24-26-27-29)16(22)10-15(19)20(30)25-13-6-8-28(9-7-13)21(31)14-4-2-3-5-17(14)23/h2-5,10-13H,6-9H2,1H3,(H,25,30). The maximum absolute atomic E-state index is 13.9. The Morgan fingerprint density at radius 2 is 1.94 bits per heavy atom. The minimum absolute atomic E-state index is 0.0528. The smallest absolute Gasteiger partial charge is 0.256 e. The zero-order valence-electron chi connectivity index (χ0n) is 17.2. The second-order valence-corrected chi connectivity index (χ2v) is 7.69. The average Bonchev–Trinajstić information content (AvgIpc) is 3.34. The van der Waals surface area contributed by atoms with E-state index in [0.717, 1.165) is 0 Å². The van der Waals surface area contributed by atoms with Crippen molar-refractivity contribution in [1.29, 1.82) is 0 Å². The van der Waals surface area contributed by atoms with E-state index in [1.807, 2.05) is 0 Å². The van der Waals surface area contributed by atoms with Gasteiger partial charge in [0, 0.05) is 25.2 Å². The number of ether oxygens (including phenoxy) is 1. The number of aromatic nitrogens is 4. The molecule has 3 aromatic rings. The van der Waals surface area contributed by atoms with Crippen LogP contribution in [0, 0.1) is 5.82 Å². The van der Waals surface area contributed by atoms with E-state index in [4.69, 9.17) is 16.3 Å². The molecule has 2 heterocycles. The summed E-state index contributed by atoms with van der Waals surface area (Å²) >= 11 is 6.33. The van der Waals surface area contributed by atoms with Crippen LogP contribution in [0.4, 0.5) is 4.39 Å². The third kappa shape index (κ3) is 4.40. The van der Waals surface area contributed by atoms with Gasteiger partial charge in [0.25, 0.3) is 11.8 Å². The van der Waals surface area contributed by atoms with Crippen molar-refractivity contribution < 1.29 is 18.7 Å². The van der Waals surface area contributed by atoms with Crippen molar-refractivity contribution in [2.45, 2.75) is 18.9 Å². The van der Waals surface area contributed by atoms with Crippen LogP contribution in [0.3, 0.4) is 0 Å². The lowest BCUT2D eigenvalue weighted by Crippen LogP contribution is -2.46. The van der Waals surface area contributed by atoms with Crippen molar-refractivity contribution in [1.82, 2.24) is 30.4 Å². The summed E-state index contributed by atoms with van der Waals surface area (Å²) in [6.45, 7) is 0.822. The number of benzene rings is 2. The molecule has 1 saturated heterocycles. The highest BCUT2D eigenvalue weighted by molar-refractivity contribution is 6.33. The molecule has 0 unspecified atom stereocenters. The Kier molecular flexibility index (Phi) is 6.31. The first-order chi connectivity index (χ1) is 15.5. The molecule has 0 aliphatic carbocycles. The fourth-order valence-electron chi connectivity index (χ4n) is 3.63. The summed E-state index contributed by atoms with van der Waals surface area (Å²) < 4.78 is 20.7. The maximum atomic E-state index is 13.9. The van der Waals surface area contributed by atoms with Crippen molar-refractivity contribution in [2.24, 2.45) is 0 Å². The Bertz CT molecular complexity index is 1130. The highest BCUT2D eigenvalue weighted by Crippen LogP contribution is 2.29. The molecule has 9 nitrogen and oxygen atoms in total. The number of likely N-dealkylation sites (tertiary alicyclic amines) is 1. The fourth-order valence-corrected chi connectivity index (χ4v) is 3.88. The van der Waals surface area contributed by atoms with Gasteiger partial charge in [0.1, 0.15) is 17.9 Å². The van der Waals surface area contributed by atoms with Crippen molar-refractivity contribution >= 4 is 23.4 Å². The molecular formula is C21H20ClFN6O3. The average molecular weight is 459 g/mol. The van der Waals surface area contributed by atoms with Crippen LogP contribution in [0.5, 0.6) is 5.75 Å². The van der Waals surface area contributed by atoms with Crippen LogP contribution in [0.1, 0.15) is 33.6 Å². The molecule has 4 rings (SSSR count). The number of hydrogen-bond acceptors (Lipinski definition) is 6. The number of amides is 2. The highest BCUT2D eigenvalue weighted by atomic mass is 35.5. The van der Waals surface area contributed by atoms with Gasteiger partial charge in [-0.15, -0.1) is 5.10 Å². The minimum atomic E-state index is -0.540. The predicted molar refractivity (Wildman–Crippen MR) is 114 cm³/mol. The number of carbonyl (C=O) groups is 2. The highest BCUT2D eigenvalue weighted by Gasteiger charge is 2.27. The molecule has 0 saturated carbocycles. The predicted octanol–water partition coefficient (Wildman–Crippen LogP) is 2.50. The Balaban J connectivity index is 1.41. The normalized spacial score (nSPS) is 14.3. The number of piperidine rings is 1. The summed E-state index contributed by atoms with van der Waals surface area (Å²) in [5, 5.41) is 14.2. The lowest BCUT2D eigenvalue weighted by atomic mass is 10.0. The van der Waals surface area contributed by atoms with Gasteiger partial charge in [-0.05, 0) is 41.5 Å². The van der Waals surface area contributed by atoms with E-state index >= 15 is 0 Å². The van der Waals surface area contributed by atoms with Gasteiger partial charge in [0.15, 0.2) is 0 Å². The molecular weight excluding hydrogens is 439 g/mol. The number of methoxy groups -OCH3 is 1. The summed E-state index contributed by atoms with van der Waals surface area (Å²) in [5.74, 6) is -0.906. The quantitative estimate of drug-likeness (QED) is 0.630. The Hall–Kier alpha value is -3.53. The fraction of sp³-hybridized carbons (Fsp3) is 0.286. The minimum Gasteiger partial charge on any atom is -0.496 e. The molecule has 1 aliphatic rings. The summed E-state index contributed by atoms with van der Waals surface area (Å²) in [4.78, 5) is 27.1. The molecule has 1 fully saturated rings. The van der Waals surface area contributed by atoms with Crippen LogP contribution < -0.4 is 10.1 Å². The second-order valence-electron chi connectivity index (χ2n) is 7.28. The van der Waals surface area contributed by atoms with Gasteiger partial charge in [0.2, 0.25) is 0 Å². The zero-order valence-corrected chi connectivity index (χ0v) is 17.9. The molecule has 0 atom stereocenters. The SMILES string of the molecule is COc1cc(-n2cnnn2)c(Cl)cc1C(=O)NC1CCN(C(=O)c2ccccc2F)CC1. The number of halogens is 2. The van der Waals surface area contributed by atoms with Gasteiger partial charge < -0.3 is 15.0 Å². The molecule has 11 heteroatoms. The van der Waals surface area contributed by atoms with E-state index in [0.29, 0.717) is 37.4 Å². The molecule has 32 heavy (non-hydrogen) atoms. The summed E-state index contributed by atoms with van der Waals surface area (Å²) in [7, 11) is 1.45. The Labute approximate surface area is 188 Å². The lowest BCUT2D eigenvalue weighted by molar-refractivity contribution is 0.0693. The first-order valence-corrected chi connectivity index (χ1v) is 10.3. The van der Waals surface area contributed by atoms with Crippen LogP contribution in [0.2, 0.25) is 5.02 Å². The van der Waals surface area contributed by atoms with Gasteiger partial charge in [-0.2, -0.15) is 4.68 Å². The van der Waals surface area contributed by atoms with E-state index in [1.165, 1.54) is 36.3 Å². The van der Waals surface area contributed by atoms with E-state index in [1.54, 1.807) is 23.1 Å². The van der Waals surface area contributed by atoms with Crippen LogP contribution in [-0.2, 0) is 0 Å². The molecule has 1 aromatic heterocycles. The molecule has 0 spiro atoms. The van der Waals surface area contributed by atoms with Crippen molar-refractivity contribution in [3.8, 4) is 11.4 Å².